The van der Waals surface area contributed by atoms with Gasteiger partial charge in [-0.2, -0.15) is 0 Å². The second kappa shape index (κ2) is 6.14. The lowest BCUT2D eigenvalue weighted by atomic mass is 9.90. The predicted octanol–water partition coefficient (Wildman–Crippen LogP) is 4.30. The number of benzene rings is 2. The summed E-state index contributed by atoms with van der Waals surface area (Å²) in [5, 5.41) is 0. The highest BCUT2D eigenvalue weighted by atomic mass is 14.9. The van der Waals surface area contributed by atoms with E-state index in [1.807, 2.05) is 30.3 Å². The fourth-order valence-corrected chi connectivity index (χ4v) is 2.42. The molecule has 2 heteroatoms. The van der Waals surface area contributed by atoms with E-state index in [1.165, 1.54) is 11.1 Å². The van der Waals surface area contributed by atoms with Crippen LogP contribution in [-0.4, -0.2) is 9.97 Å². The van der Waals surface area contributed by atoms with E-state index in [0.29, 0.717) is 0 Å². The summed E-state index contributed by atoms with van der Waals surface area (Å²) in [6.45, 7) is 3.80. The third-order valence-corrected chi connectivity index (χ3v) is 3.48. The highest BCUT2D eigenvalue weighted by molar-refractivity contribution is 5.49. The lowest BCUT2D eigenvalue weighted by Gasteiger charge is -2.16. The Morgan fingerprint density at radius 2 is 1.38 bits per heavy atom. The Labute approximate surface area is 124 Å². The van der Waals surface area contributed by atoms with Crippen LogP contribution in [0.4, 0.5) is 0 Å². The van der Waals surface area contributed by atoms with Crippen LogP contribution >= 0.6 is 0 Å². The number of rotatable bonds is 4. The minimum atomic E-state index is 0.0475. The van der Waals surface area contributed by atoms with Crippen LogP contribution in [0.2, 0.25) is 0 Å². The first-order chi connectivity index (χ1) is 10.4. The quantitative estimate of drug-likeness (QED) is 0.707. The monoisotopic (exact) mass is 272 g/mol. The number of nitrogens with zero attached hydrogens (tertiary/aromatic N) is 2. The van der Waals surface area contributed by atoms with Crippen molar-refractivity contribution < 1.29 is 0 Å². The van der Waals surface area contributed by atoms with Crippen LogP contribution in [0, 0.1) is 0 Å². The Bertz CT molecular complexity index is 664. The molecule has 102 valence electrons. The van der Waals surface area contributed by atoms with Gasteiger partial charge in [0.15, 0.2) is 0 Å². The third-order valence-electron chi connectivity index (χ3n) is 3.48. The lowest BCUT2D eigenvalue weighted by Crippen LogP contribution is -2.07. The topological polar surface area (TPSA) is 25.8 Å². The van der Waals surface area contributed by atoms with Gasteiger partial charge in [-0.15, -0.1) is 0 Å². The van der Waals surface area contributed by atoms with Gasteiger partial charge in [0, 0.05) is 12.4 Å². The SMILES string of the molecule is C=Cc1ccc(C(c2ccccc2)c2ncccn2)cc1. The molecular weight excluding hydrogens is 256 g/mol. The molecular formula is C19H16N2. The van der Waals surface area contributed by atoms with Crippen molar-refractivity contribution >= 4 is 6.08 Å². The van der Waals surface area contributed by atoms with Crippen molar-refractivity contribution in [3.63, 3.8) is 0 Å². The summed E-state index contributed by atoms with van der Waals surface area (Å²) in [6, 6.07) is 20.6. The molecule has 0 N–H and O–H groups in total. The first kappa shape index (κ1) is 13.3. The largest absolute Gasteiger partial charge is 0.240 e. The fourth-order valence-electron chi connectivity index (χ4n) is 2.42. The van der Waals surface area contributed by atoms with Crippen LogP contribution < -0.4 is 0 Å². The Hall–Kier alpha value is -2.74. The molecule has 1 unspecified atom stereocenters. The van der Waals surface area contributed by atoms with Gasteiger partial charge in [-0.25, -0.2) is 9.97 Å². The number of hydrogen-bond acceptors (Lipinski definition) is 2. The predicted molar refractivity (Wildman–Crippen MR) is 86.0 cm³/mol. The Morgan fingerprint density at radius 3 is 2.00 bits per heavy atom. The summed E-state index contributed by atoms with van der Waals surface area (Å²) in [6.07, 6.45) is 5.42. The summed E-state index contributed by atoms with van der Waals surface area (Å²) in [5.41, 5.74) is 3.48. The van der Waals surface area contributed by atoms with Gasteiger partial charge in [0.25, 0.3) is 0 Å². The van der Waals surface area contributed by atoms with E-state index in [9.17, 15) is 0 Å². The molecule has 0 radical (unpaired) electrons. The van der Waals surface area contributed by atoms with E-state index < -0.39 is 0 Å². The maximum atomic E-state index is 4.44. The summed E-state index contributed by atoms with van der Waals surface area (Å²) in [5.74, 6) is 0.862. The second-order valence-electron chi connectivity index (χ2n) is 4.82. The fraction of sp³-hybridized carbons (Fsp3) is 0.0526. The molecule has 0 saturated carbocycles. The zero-order valence-corrected chi connectivity index (χ0v) is 11.7. The van der Waals surface area contributed by atoms with Crippen molar-refractivity contribution in [1.29, 1.82) is 0 Å². The van der Waals surface area contributed by atoms with Gasteiger partial charge < -0.3 is 0 Å². The van der Waals surface area contributed by atoms with Gasteiger partial charge in [0.1, 0.15) is 5.82 Å². The van der Waals surface area contributed by atoms with Gasteiger partial charge in [-0.05, 0) is 22.8 Å². The minimum Gasteiger partial charge on any atom is -0.240 e. The summed E-state index contributed by atoms with van der Waals surface area (Å²) < 4.78 is 0. The van der Waals surface area contributed by atoms with E-state index in [2.05, 4.69) is 52.9 Å². The van der Waals surface area contributed by atoms with Gasteiger partial charge in [0.2, 0.25) is 0 Å². The summed E-state index contributed by atoms with van der Waals surface area (Å²) in [4.78, 5) is 8.89. The Kier molecular flexibility index (Phi) is 3.88. The van der Waals surface area contributed by atoms with Gasteiger partial charge in [-0.3, -0.25) is 0 Å². The summed E-state index contributed by atoms with van der Waals surface area (Å²) >= 11 is 0. The van der Waals surface area contributed by atoms with Gasteiger partial charge >= 0.3 is 0 Å². The van der Waals surface area contributed by atoms with Crippen LogP contribution in [0.25, 0.3) is 6.08 Å². The first-order valence-electron chi connectivity index (χ1n) is 6.93. The molecule has 1 heterocycles. The average Bonchev–Trinajstić information content (AvgIpc) is 2.58. The highest BCUT2D eigenvalue weighted by Gasteiger charge is 2.18. The molecule has 1 aromatic heterocycles. The van der Waals surface area contributed by atoms with Crippen molar-refractivity contribution in [1.82, 2.24) is 9.97 Å². The molecule has 0 spiro atoms. The Balaban J connectivity index is 2.09. The average molecular weight is 272 g/mol. The molecule has 3 aromatic rings. The van der Waals surface area contributed by atoms with E-state index in [-0.39, 0.29) is 5.92 Å². The molecule has 0 aliphatic carbocycles. The molecule has 0 amide bonds. The normalized spacial score (nSPS) is 11.8. The van der Waals surface area contributed by atoms with Crippen LogP contribution in [0.3, 0.4) is 0 Å². The maximum Gasteiger partial charge on any atom is 0.140 e. The third kappa shape index (κ3) is 2.90. The molecule has 1 atom stereocenters. The minimum absolute atomic E-state index is 0.0475. The van der Waals surface area contributed by atoms with E-state index in [0.717, 1.165) is 11.4 Å². The first-order valence-corrected chi connectivity index (χ1v) is 6.93. The molecule has 0 bridgehead atoms. The van der Waals surface area contributed by atoms with E-state index in [1.54, 1.807) is 12.4 Å². The molecule has 2 aromatic carbocycles. The van der Waals surface area contributed by atoms with Crippen LogP contribution in [0.15, 0.2) is 79.6 Å². The van der Waals surface area contributed by atoms with Crippen LogP contribution in [0.5, 0.6) is 0 Å². The van der Waals surface area contributed by atoms with Crippen LogP contribution in [0.1, 0.15) is 28.4 Å². The van der Waals surface area contributed by atoms with Crippen molar-refractivity contribution in [2.24, 2.45) is 0 Å². The number of hydrogen-bond donors (Lipinski definition) is 0. The second-order valence-corrected chi connectivity index (χ2v) is 4.82. The lowest BCUT2D eigenvalue weighted by molar-refractivity contribution is 0.854. The zero-order valence-electron chi connectivity index (χ0n) is 11.7. The highest BCUT2D eigenvalue weighted by Crippen LogP contribution is 2.29. The van der Waals surface area contributed by atoms with Crippen molar-refractivity contribution in [3.8, 4) is 0 Å². The van der Waals surface area contributed by atoms with E-state index in [4.69, 9.17) is 0 Å². The van der Waals surface area contributed by atoms with Crippen molar-refractivity contribution in [3.05, 3.63) is 102 Å². The standard InChI is InChI=1S/C19H16N2/c1-2-15-9-11-17(12-10-15)18(16-7-4-3-5-8-16)19-20-13-6-14-21-19/h2-14,18H,1H2. The Morgan fingerprint density at radius 1 is 0.762 bits per heavy atom. The molecule has 0 aliphatic rings. The summed E-state index contributed by atoms with van der Waals surface area (Å²) in [7, 11) is 0. The van der Waals surface area contributed by atoms with Gasteiger partial charge in [-0.1, -0.05) is 67.3 Å². The molecule has 21 heavy (non-hydrogen) atoms. The molecule has 3 rings (SSSR count). The maximum absolute atomic E-state index is 4.44. The van der Waals surface area contributed by atoms with Crippen molar-refractivity contribution in [2.75, 3.05) is 0 Å². The van der Waals surface area contributed by atoms with Crippen LogP contribution in [-0.2, 0) is 0 Å². The number of aromatic nitrogens is 2. The molecule has 0 fully saturated rings. The zero-order chi connectivity index (χ0) is 14.5. The van der Waals surface area contributed by atoms with Gasteiger partial charge in [0.05, 0.1) is 5.92 Å². The van der Waals surface area contributed by atoms with E-state index >= 15 is 0 Å². The molecule has 0 saturated heterocycles. The molecule has 0 aliphatic heterocycles. The smallest absolute Gasteiger partial charge is 0.140 e. The molecule has 2 nitrogen and oxygen atoms in total. The van der Waals surface area contributed by atoms with Crippen molar-refractivity contribution in [2.45, 2.75) is 5.92 Å².